The number of β-amino-alcohol motifs (C(OH)–C–C–N with tert-alkyl or cyclic N) is 1. The number of hydrogen-bond donors (Lipinski definition) is 2. The smallest absolute Gasteiger partial charge is 0.382 e. The van der Waals surface area contributed by atoms with Gasteiger partial charge in [0.25, 0.3) is 0 Å². The van der Waals surface area contributed by atoms with E-state index in [1.54, 1.807) is 9.80 Å². The van der Waals surface area contributed by atoms with Crippen molar-refractivity contribution in [2.45, 2.75) is 50.4 Å². The molecule has 2 amide bonds. The highest BCUT2D eigenvalue weighted by Crippen LogP contribution is 2.21. The summed E-state index contributed by atoms with van der Waals surface area (Å²) in [6.07, 6.45) is -1.42. The molecular formula is C14H24F3N3O2. The quantitative estimate of drug-likeness (QED) is 0.829. The van der Waals surface area contributed by atoms with Gasteiger partial charge in [0.2, 0.25) is 0 Å². The molecule has 0 aromatic rings. The molecule has 5 nitrogen and oxygen atoms in total. The third kappa shape index (κ3) is 5.01. The number of nitrogens with one attached hydrogen (secondary N) is 1. The van der Waals surface area contributed by atoms with E-state index in [1.807, 2.05) is 0 Å². The fourth-order valence-electron chi connectivity index (χ4n) is 2.99. The minimum absolute atomic E-state index is 0.122. The fraction of sp³-hybridized carbons (Fsp3) is 0.929. The summed E-state index contributed by atoms with van der Waals surface area (Å²) in [7, 11) is 0. The Bertz CT molecular complexity index is 365. The van der Waals surface area contributed by atoms with Gasteiger partial charge in [0.15, 0.2) is 6.10 Å². The van der Waals surface area contributed by atoms with Crippen LogP contribution in [0.1, 0.15) is 32.1 Å². The highest BCUT2D eigenvalue weighted by Gasteiger charge is 2.39. The van der Waals surface area contributed by atoms with Crippen LogP contribution in [0, 0.1) is 0 Å². The molecule has 0 unspecified atom stereocenters. The van der Waals surface area contributed by atoms with Crippen molar-refractivity contribution < 1.29 is 23.1 Å². The maximum Gasteiger partial charge on any atom is 0.415 e. The molecule has 1 aliphatic carbocycles. The molecule has 0 spiro atoms. The molecule has 0 aromatic carbocycles. The normalized spacial score (nSPS) is 23.4. The van der Waals surface area contributed by atoms with E-state index in [-0.39, 0.29) is 12.1 Å². The summed E-state index contributed by atoms with van der Waals surface area (Å²) in [5.41, 5.74) is 0. The first-order valence-electron chi connectivity index (χ1n) is 7.89. The number of aliphatic hydroxyl groups excluding tert-OH is 1. The molecule has 1 aliphatic heterocycles. The van der Waals surface area contributed by atoms with Crippen molar-refractivity contribution in [3.05, 3.63) is 0 Å². The summed E-state index contributed by atoms with van der Waals surface area (Å²) in [6, 6.07) is 0.106. The van der Waals surface area contributed by atoms with Gasteiger partial charge in [-0.15, -0.1) is 0 Å². The first-order chi connectivity index (χ1) is 10.4. The predicted molar refractivity (Wildman–Crippen MR) is 75.5 cm³/mol. The van der Waals surface area contributed by atoms with Crippen LogP contribution in [0.2, 0.25) is 0 Å². The van der Waals surface area contributed by atoms with E-state index in [4.69, 9.17) is 5.11 Å². The number of alkyl halides is 3. The second kappa shape index (κ2) is 7.50. The Morgan fingerprint density at radius 3 is 2.27 bits per heavy atom. The van der Waals surface area contributed by atoms with Gasteiger partial charge in [0, 0.05) is 38.8 Å². The van der Waals surface area contributed by atoms with Gasteiger partial charge in [0.1, 0.15) is 0 Å². The van der Waals surface area contributed by atoms with Crippen molar-refractivity contribution >= 4 is 6.03 Å². The van der Waals surface area contributed by atoms with Crippen LogP contribution in [0.25, 0.3) is 0 Å². The van der Waals surface area contributed by atoms with E-state index in [0.717, 1.165) is 25.7 Å². The number of carbonyl (C=O) groups is 1. The second-order valence-electron chi connectivity index (χ2n) is 6.13. The standard InChI is InChI=1S/C14H24F3N3O2/c15-14(16,17)12(21)10-19-6-8-20(9-7-19)13(22)18-11-4-2-1-3-5-11/h11-12,21H,1-10H2,(H,18,22)/t12-/m0/s1. The minimum Gasteiger partial charge on any atom is -0.382 e. The molecule has 1 saturated heterocycles. The van der Waals surface area contributed by atoms with Crippen molar-refractivity contribution in [2.75, 3.05) is 32.7 Å². The van der Waals surface area contributed by atoms with Crippen LogP contribution in [0.3, 0.4) is 0 Å². The Morgan fingerprint density at radius 1 is 1.14 bits per heavy atom. The summed E-state index contributed by atoms with van der Waals surface area (Å²) in [4.78, 5) is 15.3. The number of rotatable bonds is 3. The number of piperazine rings is 1. The van der Waals surface area contributed by atoms with Crippen molar-refractivity contribution in [2.24, 2.45) is 0 Å². The first kappa shape index (κ1) is 17.3. The van der Waals surface area contributed by atoms with Gasteiger partial charge in [-0.1, -0.05) is 19.3 Å². The van der Waals surface area contributed by atoms with Gasteiger partial charge in [-0.2, -0.15) is 13.2 Å². The number of nitrogens with zero attached hydrogens (tertiary/aromatic N) is 2. The topological polar surface area (TPSA) is 55.8 Å². The molecule has 2 rings (SSSR count). The van der Waals surface area contributed by atoms with Gasteiger partial charge in [0.05, 0.1) is 0 Å². The van der Waals surface area contributed by atoms with Crippen LogP contribution < -0.4 is 5.32 Å². The summed E-state index contributed by atoms with van der Waals surface area (Å²) in [5, 5.41) is 12.1. The Morgan fingerprint density at radius 2 is 1.73 bits per heavy atom. The summed E-state index contributed by atoms with van der Waals surface area (Å²) >= 11 is 0. The molecule has 1 saturated carbocycles. The molecular weight excluding hydrogens is 299 g/mol. The zero-order valence-electron chi connectivity index (χ0n) is 12.6. The van der Waals surface area contributed by atoms with Crippen LogP contribution in [-0.2, 0) is 0 Å². The average Bonchev–Trinajstić information content (AvgIpc) is 2.48. The largest absolute Gasteiger partial charge is 0.415 e. The molecule has 22 heavy (non-hydrogen) atoms. The number of halogens is 3. The number of hydrogen-bond acceptors (Lipinski definition) is 3. The lowest BCUT2D eigenvalue weighted by molar-refractivity contribution is -0.208. The number of aliphatic hydroxyl groups is 1. The summed E-state index contributed by atoms with van der Waals surface area (Å²) < 4.78 is 37.0. The Kier molecular flexibility index (Phi) is 5.91. The first-order valence-corrected chi connectivity index (χ1v) is 7.89. The zero-order valence-corrected chi connectivity index (χ0v) is 12.6. The lowest BCUT2D eigenvalue weighted by Crippen LogP contribution is -2.55. The van der Waals surface area contributed by atoms with Crippen LogP contribution in [0.4, 0.5) is 18.0 Å². The van der Waals surface area contributed by atoms with Gasteiger partial charge >= 0.3 is 12.2 Å². The summed E-state index contributed by atoms with van der Waals surface area (Å²) in [6.45, 7) is 1.06. The van der Waals surface area contributed by atoms with E-state index < -0.39 is 18.8 Å². The number of carbonyl (C=O) groups excluding carboxylic acids is 1. The van der Waals surface area contributed by atoms with Gasteiger partial charge in [-0.05, 0) is 12.8 Å². The van der Waals surface area contributed by atoms with Crippen molar-refractivity contribution in [1.29, 1.82) is 0 Å². The molecule has 1 atom stereocenters. The molecule has 8 heteroatoms. The molecule has 0 aromatic heterocycles. The third-order valence-corrected chi connectivity index (χ3v) is 4.40. The van der Waals surface area contributed by atoms with E-state index in [2.05, 4.69) is 5.32 Å². The van der Waals surface area contributed by atoms with E-state index >= 15 is 0 Å². The van der Waals surface area contributed by atoms with E-state index in [9.17, 15) is 18.0 Å². The molecule has 128 valence electrons. The fourth-order valence-corrected chi connectivity index (χ4v) is 2.99. The maximum atomic E-state index is 12.3. The summed E-state index contributed by atoms with van der Waals surface area (Å²) in [5.74, 6) is 0. The molecule has 0 radical (unpaired) electrons. The van der Waals surface area contributed by atoms with Crippen LogP contribution in [0.15, 0.2) is 0 Å². The third-order valence-electron chi connectivity index (χ3n) is 4.40. The highest BCUT2D eigenvalue weighted by atomic mass is 19.4. The maximum absolute atomic E-state index is 12.3. The lowest BCUT2D eigenvalue weighted by atomic mass is 9.96. The van der Waals surface area contributed by atoms with Gasteiger partial charge in [-0.3, -0.25) is 4.90 Å². The highest BCUT2D eigenvalue weighted by molar-refractivity contribution is 5.74. The predicted octanol–water partition coefficient (Wildman–Crippen LogP) is 1.57. The molecule has 2 N–H and O–H groups in total. The van der Waals surface area contributed by atoms with Crippen molar-refractivity contribution in [1.82, 2.24) is 15.1 Å². The van der Waals surface area contributed by atoms with Crippen LogP contribution in [0.5, 0.6) is 0 Å². The number of urea groups is 1. The Balaban J connectivity index is 1.71. The SMILES string of the molecule is O=C(NC1CCCCC1)N1CCN(C[C@H](O)C(F)(F)F)CC1. The lowest BCUT2D eigenvalue weighted by Gasteiger charge is -2.36. The minimum atomic E-state index is -4.59. The van der Waals surface area contributed by atoms with Gasteiger partial charge in [-0.25, -0.2) is 4.79 Å². The van der Waals surface area contributed by atoms with Crippen molar-refractivity contribution in [3.8, 4) is 0 Å². The van der Waals surface area contributed by atoms with Crippen molar-refractivity contribution in [3.63, 3.8) is 0 Å². The van der Waals surface area contributed by atoms with E-state index in [0.29, 0.717) is 26.2 Å². The Labute approximate surface area is 128 Å². The monoisotopic (exact) mass is 323 g/mol. The average molecular weight is 323 g/mol. The second-order valence-corrected chi connectivity index (χ2v) is 6.13. The number of amides is 2. The van der Waals surface area contributed by atoms with E-state index in [1.165, 1.54) is 6.42 Å². The molecule has 0 bridgehead atoms. The van der Waals surface area contributed by atoms with Crippen LogP contribution in [-0.4, -0.2) is 72.0 Å². The molecule has 2 fully saturated rings. The molecule has 1 heterocycles. The van der Waals surface area contributed by atoms with Crippen LogP contribution >= 0.6 is 0 Å². The Hall–Kier alpha value is -1.02. The zero-order chi connectivity index (χ0) is 16.2. The molecule has 2 aliphatic rings. The van der Waals surface area contributed by atoms with Gasteiger partial charge < -0.3 is 15.3 Å².